The number of hydrogen-bond acceptors (Lipinski definition) is 5. The van der Waals surface area contributed by atoms with Gasteiger partial charge in [0.2, 0.25) is 11.6 Å². The first-order valence-corrected chi connectivity index (χ1v) is 7.13. The van der Waals surface area contributed by atoms with Crippen LogP contribution in [0.15, 0.2) is 20.8 Å². The molecule has 0 aromatic rings. The minimum Gasteiger partial charge on any atom is -0.379 e. The molecule has 0 aliphatic heterocycles. The number of allylic oxidation sites excluding steroid dienone is 3. The van der Waals surface area contributed by atoms with Gasteiger partial charge < -0.3 is 5.32 Å². The molecule has 0 heterocycles. The Labute approximate surface area is 117 Å². The quantitative estimate of drug-likeness (QED) is 0.581. The molecule has 6 nitrogen and oxygen atoms in total. The summed E-state index contributed by atoms with van der Waals surface area (Å²) in [6.45, 7) is -0.314. The molecule has 0 bridgehead atoms. The number of carbonyl (C=O) groups is 2. The van der Waals surface area contributed by atoms with Crippen LogP contribution in [-0.2, 0) is 19.7 Å². The highest BCUT2D eigenvalue weighted by atomic mass is 35.5. The zero-order chi connectivity index (χ0) is 14.1. The fraction of sp³-hybridized carbons (Fsp3) is 0.250. The molecule has 1 aliphatic rings. The molecule has 2 N–H and O–H groups in total. The van der Waals surface area contributed by atoms with Crippen molar-refractivity contribution in [1.29, 1.82) is 0 Å². The molecule has 1 rings (SSSR count). The topological polar surface area (TPSA) is 101 Å². The molecule has 0 saturated carbocycles. The lowest BCUT2D eigenvalue weighted by atomic mass is 10.1. The van der Waals surface area contributed by atoms with E-state index in [9.17, 15) is 18.0 Å². The van der Waals surface area contributed by atoms with Crippen molar-refractivity contribution in [3.05, 3.63) is 20.8 Å². The molecule has 10 heteroatoms. The summed E-state index contributed by atoms with van der Waals surface area (Å²) in [6.07, 6.45) is 0. The van der Waals surface area contributed by atoms with Gasteiger partial charge in [0.05, 0.1) is 5.75 Å². The molecule has 0 saturated heterocycles. The van der Waals surface area contributed by atoms with Crippen molar-refractivity contribution < 1.29 is 22.6 Å². The van der Waals surface area contributed by atoms with Crippen molar-refractivity contribution >= 4 is 56.5 Å². The van der Waals surface area contributed by atoms with Crippen molar-refractivity contribution in [1.82, 2.24) is 5.32 Å². The number of rotatable bonds is 4. The van der Waals surface area contributed by atoms with Gasteiger partial charge in [0, 0.05) is 6.54 Å². The average Bonchev–Trinajstić information content (AvgIpc) is 2.27. The highest BCUT2D eigenvalue weighted by Crippen LogP contribution is 2.29. The fourth-order valence-electron chi connectivity index (χ4n) is 1.08. The molecule has 0 amide bonds. The van der Waals surface area contributed by atoms with Crippen LogP contribution in [0.25, 0.3) is 0 Å². The molecule has 0 aromatic heterocycles. The lowest BCUT2D eigenvalue weighted by molar-refractivity contribution is -0.115. The van der Waals surface area contributed by atoms with Crippen molar-refractivity contribution in [2.75, 3.05) is 12.3 Å². The molecule has 0 unspecified atom stereocenters. The zero-order valence-corrected chi connectivity index (χ0v) is 11.6. The van der Waals surface area contributed by atoms with E-state index in [-0.39, 0.29) is 12.2 Å². The normalized spacial score (nSPS) is 17.6. The Bertz CT molecular complexity index is 578. The van der Waals surface area contributed by atoms with Crippen LogP contribution >= 0.6 is 34.8 Å². The first kappa shape index (κ1) is 15.5. The van der Waals surface area contributed by atoms with Gasteiger partial charge in [-0.1, -0.05) is 34.8 Å². The van der Waals surface area contributed by atoms with E-state index >= 15 is 0 Å². The van der Waals surface area contributed by atoms with Crippen molar-refractivity contribution in [2.45, 2.75) is 0 Å². The van der Waals surface area contributed by atoms with Crippen molar-refractivity contribution in [3.8, 4) is 0 Å². The van der Waals surface area contributed by atoms with Crippen LogP contribution in [0.5, 0.6) is 0 Å². The van der Waals surface area contributed by atoms with Crippen LogP contribution in [-0.4, -0.2) is 36.8 Å². The number of ketones is 2. The van der Waals surface area contributed by atoms with Gasteiger partial charge in [0.1, 0.15) is 20.8 Å². The maximum absolute atomic E-state index is 11.6. The molecule has 0 aromatic carbocycles. The Balaban J connectivity index is 2.89. The third-order valence-corrected chi connectivity index (χ3v) is 3.80. The summed E-state index contributed by atoms with van der Waals surface area (Å²) >= 11 is 16.6. The SMILES string of the molecule is O=C1C(Cl)=C(Cl)C(=O)C(NCCS(=O)(=O)O)=C1Cl. The third-order valence-electron chi connectivity index (χ3n) is 1.90. The Morgan fingerprint density at radius 3 is 2.00 bits per heavy atom. The van der Waals surface area contributed by atoms with Crippen LogP contribution in [0, 0.1) is 0 Å². The molecular formula is C8H6Cl3NO5S. The van der Waals surface area contributed by atoms with Crippen molar-refractivity contribution in [2.24, 2.45) is 0 Å². The predicted molar refractivity (Wildman–Crippen MR) is 66.0 cm³/mol. The summed E-state index contributed by atoms with van der Waals surface area (Å²) in [5.41, 5.74) is -0.347. The Hall–Kier alpha value is -0.600. The number of carbonyl (C=O) groups excluding carboxylic acids is 2. The second-order valence-corrected chi connectivity index (χ2v) is 5.89. The fourth-order valence-corrected chi connectivity index (χ4v) is 2.10. The summed E-state index contributed by atoms with van der Waals surface area (Å²) in [5.74, 6) is -2.31. The zero-order valence-electron chi connectivity index (χ0n) is 8.54. The molecule has 0 spiro atoms. The minimum absolute atomic E-state index is 0.314. The first-order chi connectivity index (χ1) is 8.15. The van der Waals surface area contributed by atoms with E-state index in [1.807, 2.05) is 0 Å². The molecule has 100 valence electrons. The number of Topliss-reactive ketones (excluding diaryl/α,β-unsaturated/α-hetero) is 2. The van der Waals surface area contributed by atoms with Crippen molar-refractivity contribution in [3.63, 3.8) is 0 Å². The highest BCUT2D eigenvalue weighted by molar-refractivity contribution is 7.85. The number of halogens is 3. The Kier molecular flexibility index (Phi) is 4.79. The summed E-state index contributed by atoms with van der Waals surface area (Å²) in [6, 6.07) is 0. The maximum Gasteiger partial charge on any atom is 0.266 e. The van der Waals surface area contributed by atoms with Gasteiger partial charge in [-0.15, -0.1) is 0 Å². The predicted octanol–water partition coefficient (Wildman–Crippen LogP) is 0.755. The van der Waals surface area contributed by atoms with Gasteiger partial charge in [-0.05, 0) is 0 Å². The Morgan fingerprint density at radius 2 is 1.50 bits per heavy atom. The van der Waals surface area contributed by atoms with E-state index in [4.69, 9.17) is 39.4 Å². The monoisotopic (exact) mass is 333 g/mol. The summed E-state index contributed by atoms with van der Waals surface area (Å²) < 4.78 is 29.4. The average molecular weight is 335 g/mol. The molecule has 1 aliphatic carbocycles. The van der Waals surface area contributed by atoms with Crippen LogP contribution in [0.4, 0.5) is 0 Å². The van der Waals surface area contributed by atoms with Gasteiger partial charge in [0.25, 0.3) is 10.1 Å². The lowest BCUT2D eigenvalue weighted by Crippen LogP contribution is -2.31. The van der Waals surface area contributed by atoms with E-state index in [1.165, 1.54) is 0 Å². The highest BCUT2D eigenvalue weighted by Gasteiger charge is 2.32. The summed E-state index contributed by atoms with van der Waals surface area (Å²) in [7, 11) is -4.19. The largest absolute Gasteiger partial charge is 0.379 e. The maximum atomic E-state index is 11.6. The first-order valence-electron chi connectivity index (χ1n) is 4.38. The van der Waals surface area contributed by atoms with Crippen LogP contribution in [0.2, 0.25) is 0 Å². The van der Waals surface area contributed by atoms with E-state index in [1.54, 1.807) is 0 Å². The van der Waals surface area contributed by atoms with Gasteiger partial charge >= 0.3 is 0 Å². The molecule has 0 radical (unpaired) electrons. The molecule has 18 heavy (non-hydrogen) atoms. The second kappa shape index (κ2) is 5.58. The van der Waals surface area contributed by atoms with Gasteiger partial charge in [0.15, 0.2) is 0 Å². The van der Waals surface area contributed by atoms with E-state index in [0.717, 1.165) is 0 Å². The Morgan fingerprint density at radius 1 is 1.00 bits per heavy atom. The standard InChI is InChI=1S/C8H6Cl3NO5S/c9-3-4(10)8(14)6(5(11)7(3)13)12-1-2-18(15,16)17/h12H,1-2H2,(H,15,16,17). The van der Waals surface area contributed by atoms with E-state index in [0.29, 0.717) is 0 Å². The number of hydrogen-bond donors (Lipinski definition) is 2. The lowest BCUT2D eigenvalue weighted by Gasteiger charge is -2.15. The minimum atomic E-state index is -4.19. The van der Waals surface area contributed by atoms with Crippen LogP contribution in [0.3, 0.4) is 0 Å². The van der Waals surface area contributed by atoms with E-state index < -0.39 is 42.5 Å². The number of nitrogens with one attached hydrogen (secondary N) is 1. The molecule has 0 atom stereocenters. The van der Waals surface area contributed by atoms with Gasteiger partial charge in [-0.25, -0.2) is 0 Å². The van der Waals surface area contributed by atoms with Crippen LogP contribution < -0.4 is 5.32 Å². The molecular weight excluding hydrogens is 329 g/mol. The van der Waals surface area contributed by atoms with E-state index in [2.05, 4.69) is 5.32 Å². The summed E-state index contributed by atoms with van der Waals surface area (Å²) in [5, 5.41) is 0.845. The second-order valence-electron chi connectivity index (χ2n) is 3.19. The van der Waals surface area contributed by atoms with Gasteiger partial charge in [-0.2, -0.15) is 8.42 Å². The third kappa shape index (κ3) is 3.46. The summed E-state index contributed by atoms with van der Waals surface area (Å²) in [4.78, 5) is 23.0. The molecule has 0 fully saturated rings. The van der Waals surface area contributed by atoms with Crippen LogP contribution in [0.1, 0.15) is 0 Å². The smallest absolute Gasteiger partial charge is 0.266 e. The van der Waals surface area contributed by atoms with Gasteiger partial charge in [-0.3, -0.25) is 14.1 Å².